The Balaban J connectivity index is 1.82. The molecule has 3 rings (SSSR count). The Hall–Kier alpha value is -3.81. The molecular formula is C21H22N4O4. The molecule has 3 aromatic rings. The quantitative estimate of drug-likeness (QED) is 0.571. The first-order chi connectivity index (χ1) is 14.1. The van der Waals surface area contributed by atoms with Crippen LogP contribution in [-0.4, -0.2) is 42.0 Å². The zero-order valence-electron chi connectivity index (χ0n) is 16.3. The molecule has 0 fully saturated rings. The van der Waals surface area contributed by atoms with Gasteiger partial charge in [0.25, 0.3) is 11.8 Å². The van der Waals surface area contributed by atoms with Gasteiger partial charge in [0.15, 0.2) is 17.2 Å². The number of carbonyl (C=O) groups is 2. The van der Waals surface area contributed by atoms with Crippen molar-refractivity contribution in [2.75, 3.05) is 20.8 Å². The number of hydrogen-bond acceptors (Lipinski definition) is 5. The van der Waals surface area contributed by atoms with Crippen LogP contribution in [0.2, 0.25) is 0 Å². The van der Waals surface area contributed by atoms with Gasteiger partial charge in [0.05, 0.1) is 19.7 Å². The fourth-order valence-electron chi connectivity index (χ4n) is 2.87. The molecule has 0 unspecified atom stereocenters. The Morgan fingerprint density at radius 1 is 1.10 bits per heavy atom. The van der Waals surface area contributed by atoms with Gasteiger partial charge in [-0.3, -0.25) is 14.0 Å². The maximum atomic E-state index is 12.8. The summed E-state index contributed by atoms with van der Waals surface area (Å²) in [4.78, 5) is 29.4. The number of nitrogens with zero attached hydrogens (tertiary/aromatic N) is 2. The second kappa shape index (κ2) is 8.92. The Morgan fingerprint density at radius 3 is 2.62 bits per heavy atom. The Bertz CT molecular complexity index is 1060. The van der Waals surface area contributed by atoms with E-state index in [0.29, 0.717) is 23.6 Å². The molecule has 0 bridgehead atoms. The van der Waals surface area contributed by atoms with Crippen molar-refractivity contribution < 1.29 is 19.1 Å². The van der Waals surface area contributed by atoms with Gasteiger partial charge in [0.2, 0.25) is 5.82 Å². The van der Waals surface area contributed by atoms with Crippen LogP contribution in [0.25, 0.3) is 5.52 Å². The molecule has 0 saturated heterocycles. The van der Waals surface area contributed by atoms with Crippen molar-refractivity contribution in [1.82, 2.24) is 20.0 Å². The van der Waals surface area contributed by atoms with E-state index in [4.69, 9.17) is 9.47 Å². The highest BCUT2D eigenvalue weighted by Crippen LogP contribution is 2.27. The molecule has 0 aliphatic rings. The van der Waals surface area contributed by atoms with Crippen molar-refractivity contribution in [3.05, 3.63) is 72.3 Å². The molecule has 2 N–H and O–H groups in total. The predicted octanol–water partition coefficient (Wildman–Crippen LogP) is 2.20. The summed E-state index contributed by atoms with van der Waals surface area (Å²) in [6, 6.07) is 10.7. The molecule has 29 heavy (non-hydrogen) atoms. The van der Waals surface area contributed by atoms with Crippen molar-refractivity contribution in [3.8, 4) is 11.5 Å². The summed E-state index contributed by atoms with van der Waals surface area (Å²) in [5.74, 6) is 0.546. The van der Waals surface area contributed by atoms with Gasteiger partial charge in [-0.1, -0.05) is 18.2 Å². The molecule has 0 spiro atoms. The fourth-order valence-corrected chi connectivity index (χ4v) is 2.87. The Kier molecular flexibility index (Phi) is 6.13. The first kappa shape index (κ1) is 19.9. The maximum absolute atomic E-state index is 12.8. The van der Waals surface area contributed by atoms with Gasteiger partial charge in [-0.05, 0) is 29.8 Å². The molecule has 8 nitrogen and oxygen atoms in total. The van der Waals surface area contributed by atoms with Gasteiger partial charge in [-0.15, -0.1) is 6.58 Å². The summed E-state index contributed by atoms with van der Waals surface area (Å²) >= 11 is 0. The molecule has 0 aliphatic carbocycles. The van der Waals surface area contributed by atoms with Crippen LogP contribution in [0.3, 0.4) is 0 Å². The third-order valence-corrected chi connectivity index (χ3v) is 4.27. The fraction of sp³-hybridized carbons (Fsp3) is 0.190. The van der Waals surface area contributed by atoms with Gasteiger partial charge in [-0.2, -0.15) is 0 Å². The predicted molar refractivity (Wildman–Crippen MR) is 108 cm³/mol. The Morgan fingerprint density at radius 2 is 1.90 bits per heavy atom. The number of ether oxygens (including phenoxy) is 2. The molecule has 8 heteroatoms. The zero-order valence-corrected chi connectivity index (χ0v) is 16.3. The molecule has 0 aliphatic heterocycles. The van der Waals surface area contributed by atoms with Crippen LogP contribution in [0.5, 0.6) is 11.5 Å². The number of benzene rings is 1. The number of hydrogen-bond donors (Lipinski definition) is 2. The summed E-state index contributed by atoms with van der Waals surface area (Å²) in [6.45, 7) is 4.15. The van der Waals surface area contributed by atoms with E-state index in [-0.39, 0.29) is 24.0 Å². The Labute approximate surface area is 168 Å². The maximum Gasteiger partial charge on any atom is 0.287 e. The molecule has 0 atom stereocenters. The number of nitrogens with one attached hydrogen (secondary N) is 2. The van der Waals surface area contributed by atoms with Gasteiger partial charge in [-0.25, -0.2) is 4.98 Å². The average molecular weight is 394 g/mol. The monoisotopic (exact) mass is 394 g/mol. The van der Waals surface area contributed by atoms with E-state index in [2.05, 4.69) is 22.2 Å². The van der Waals surface area contributed by atoms with E-state index in [1.54, 1.807) is 61.2 Å². The smallest absolute Gasteiger partial charge is 0.287 e. The normalized spacial score (nSPS) is 10.4. The molecule has 2 aromatic heterocycles. The molecule has 0 radical (unpaired) electrons. The summed E-state index contributed by atoms with van der Waals surface area (Å²) in [6.07, 6.45) is 3.27. The molecule has 1 aromatic carbocycles. The second-order valence-corrected chi connectivity index (χ2v) is 6.11. The van der Waals surface area contributed by atoms with E-state index in [0.717, 1.165) is 5.56 Å². The van der Waals surface area contributed by atoms with Crippen LogP contribution in [0.4, 0.5) is 0 Å². The third kappa shape index (κ3) is 4.21. The highest BCUT2D eigenvalue weighted by atomic mass is 16.5. The van der Waals surface area contributed by atoms with Crippen LogP contribution in [-0.2, 0) is 6.54 Å². The largest absolute Gasteiger partial charge is 0.493 e. The van der Waals surface area contributed by atoms with Gasteiger partial charge in [0.1, 0.15) is 0 Å². The summed E-state index contributed by atoms with van der Waals surface area (Å²) in [7, 11) is 3.11. The highest BCUT2D eigenvalue weighted by molar-refractivity contribution is 6.02. The number of imidazole rings is 1. The number of rotatable bonds is 8. The lowest BCUT2D eigenvalue weighted by Gasteiger charge is -2.10. The lowest BCUT2D eigenvalue weighted by atomic mass is 10.2. The van der Waals surface area contributed by atoms with Crippen LogP contribution < -0.4 is 20.1 Å². The standard InChI is InChI=1S/C21H22N4O4/c1-4-10-22-20(26)18-15-7-5-6-11-25(15)19(24-18)21(27)23-13-14-8-9-16(28-2)17(12-14)29-3/h4-9,11-12H,1,10,13H2,2-3H3,(H,22,26)(H,23,27). The van der Waals surface area contributed by atoms with E-state index < -0.39 is 5.91 Å². The summed E-state index contributed by atoms with van der Waals surface area (Å²) in [5.41, 5.74) is 1.56. The minimum absolute atomic E-state index is 0.129. The number of methoxy groups -OCH3 is 2. The van der Waals surface area contributed by atoms with Crippen LogP contribution in [0.1, 0.15) is 26.7 Å². The average Bonchev–Trinajstić information content (AvgIpc) is 3.15. The van der Waals surface area contributed by atoms with Crippen LogP contribution in [0.15, 0.2) is 55.3 Å². The summed E-state index contributed by atoms with van der Waals surface area (Å²) < 4.78 is 12.1. The lowest BCUT2D eigenvalue weighted by Crippen LogP contribution is -2.26. The number of pyridine rings is 1. The van der Waals surface area contributed by atoms with Gasteiger partial charge >= 0.3 is 0 Å². The number of aromatic nitrogens is 2. The SMILES string of the molecule is C=CCNC(=O)c1nc(C(=O)NCc2ccc(OC)c(OC)c2)n2ccccc12. The molecule has 2 amide bonds. The van der Waals surface area contributed by atoms with Crippen molar-refractivity contribution in [2.24, 2.45) is 0 Å². The van der Waals surface area contributed by atoms with E-state index in [9.17, 15) is 9.59 Å². The van der Waals surface area contributed by atoms with Crippen molar-refractivity contribution in [1.29, 1.82) is 0 Å². The lowest BCUT2D eigenvalue weighted by molar-refractivity contribution is 0.0939. The van der Waals surface area contributed by atoms with E-state index >= 15 is 0 Å². The molecule has 150 valence electrons. The number of amides is 2. The van der Waals surface area contributed by atoms with E-state index in [1.165, 1.54) is 0 Å². The first-order valence-corrected chi connectivity index (χ1v) is 8.94. The van der Waals surface area contributed by atoms with Crippen molar-refractivity contribution in [3.63, 3.8) is 0 Å². The zero-order chi connectivity index (χ0) is 20.8. The molecular weight excluding hydrogens is 372 g/mol. The third-order valence-electron chi connectivity index (χ3n) is 4.27. The van der Waals surface area contributed by atoms with Crippen molar-refractivity contribution >= 4 is 17.3 Å². The number of fused-ring (bicyclic) bond motifs is 1. The van der Waals surface area contributed by atoms with Crippen molar-refractivity contribution in [2.45, 2.75) is 6.54 Å². The minimum atomic E-state index is -0.399. The first-order valence-electron chi connectivity index (χ1n) is 8.94. The molecule has 0 saturated carbocycles. The van der Waals surface area contributed by atoms with Gasteiger partial charge < -0.3 is 20.1 Å². The topological polar surface area (TPSA) is 94.0 Å². The van der Waals surface area contributed by atoms with Crippen LogP contribution >= 0.6 is 0 Å². The highest BCUT2D eigenvalue weighted by Gasteiger charge is 2.21. The second-order valence-electron chi connectivity index (χ2n) is 6.11. The summed E-state index contributed by atoms with van der Waals surface area (Å²) in [5, 5.41) is 5.51. The minimum Gasteiger partial charge on any atom is -0.493 e. The van der Waals surface area contributed by atoms with Gasteiger partial charge in [0, 0.05) is 19.3 Å². The van der Waals surface area contributed by atoms with Crippen LogP contribution in [0, 0.1) is 0 Å². The number of carbonyl (C=O) groups excluding carboxylic acids is 2. The van der Waals surface area contributed by atoms with E-state index in [1.807, 2.05) is 6.07 Å². The molecule has 2 heterocycles.